The van der Waals surface area contributed by atoms with E-state index in [1.54, 1.807) is 0 Å². The van der Waals surface area contributed by atoms with Gasteiger partial charge in [-0.3, -0.25) is 0 Å². The molecule has 0 fully saturated rings. The van der Waals surface area contributed by atoms with Crippen molar-refractivity contribution in [2.75, 3.05) is 9.80 Å². The summed E-state index contributed by atoms with van der Waals surface area (Å²) in [6.07, 6.45) is 0. The van der Waals surface area contributed by atoms with Gasteiger partial charge < -0.3 is 9.80 Å². The molecule has 0 aliphatic heterocycles. The summed E-state index contributed by atoms with van der Waals surface area (Å²) in [5, 5.41) is 11.3. The highest BCUT2D eigenvalue weighted by Gasteiger charge is 2.23. The maximum atomic E-state index is 6.53. The Morgan fingerprint density at radius 1 is 0.321 bits per heavy atom. The summed E-state index contributed by atoms with van der Waals surface area (Å²) in [5.41, 5.74) is 7.27. The molecule has 53 heavy (non-hydrogen) atoms. The SMILES string of the molecule is Cc1ccc(N(c2cccc3cc(Cl)ccc23)c2cccc3cc(Cl)ccc23)cc1N(c1cccc2cc(Cl)ccc12)c1cccc2cc(Cl)ccc12. The molecular formula is C47H30Cl4N2. The van der Waals surface area contributed by atoms with Crippen molar-refractivity contribution in [1.82, 2.24) is 0 Å². The first-order valence-electron chi connectivity index (χ1n) is 17.3. The van der Waals surface area contributed by atoms with Crippen LogP contribution in [0.3, 0.4) is 0 Å². The van der Waals surface area contributed by atoms with E-state index >= 15 is 0 Å². The Hall–Kier alpha value is -5.22. The average Bonchev–Trinajstić information content (AvgIpc) is 3.16. The van der Waals surface area contributed by atoms with Crippen molar-refractivity contribution in [3.8, 4) is 0 Å². The van der Waals surface area contributed by atoms with Crippen LogP contribution in [0.25, 0.3) is 43.1 Å². The first kappa shape index (κ1) is 33.6. The fourth-order valence-electron chi connectivity index (χ4n) is 7.50. The summed E-state index contributed by atoms with van der Waals surface area (Å²) in [7, 11) is 0. The smallest absolute Gasteiger partial charge is 0.0540 e. The fourth-order valence-corrected chi connectivity index (χ4v) is 8.23. The largest absolute Gasteiger partial charge is 0.309 e. The van der Waals surface area contributed by atoms with Crippen LogP contribution < -0.4 is 9.80 Å². The van der Waals surface area contributed by atoms with Crippen LogP contribution >= 0.6 is 46.4 Å². The maximum Gasteiger partial charge on any atom is 0.0540 e. The lowest BCUT2D eigenvalue weighted by molar-refractivity contribution is 1.25. The van der Waals surface area contributed by atoms with Crippen LogP contribution in [-0.4, -0.2) is 0 Å². The van der Waals surface area contributed by atoms with Gasteiger partial charge in [0.15, 0.2) is 0 Å². The van der Waals surface area contributed by atoms with Gasteiger partial charge in [0.25, 0.3) is 0 Å². The molecule has 0 radical (unpaired) electrons. The van der Waals surface area contributed by atoms with Gasteiger partial charge in [0.2, 0.25) is 0 Å². The van der Waals surface area contributed by atoms with Crippen LogP contribution in [0.1, 0.15) is 5.56 Å². The van der Waals surface area contributed by atoms with Crippen LogP contribution in [-0.2, 0) is 0 Å². The van der Waals surface area contributed by atoms with Crippen LogP contribution in [0.4, 0.5) is 34.1 Å². The van der Waals surface area contributed by atoms with E-state index in [-0.39, 0.29) is 0 Å². The Bertz CT molecular complexity index is 2710. The van der Waals surface area contributed by atoms with E-state index in [4.69, 9.17) is 46.4 Å². The molecular weight excluding hydrogens is 734 g/mol. The molecule has 0 saturated carbocycles. The van der Waals surface area contributed by atoms with Gasteiger partial charge in [-0.1, -0.05) is 125 Å². The quantitative estimate of drug-likeness (QED) is 0.166. The Labute approximate surface area is 327 Å². The molecule has 2 nitrogen and oxygen atoms in total. The number of benzene rings is 9. The summed E-state index contributed by atoms with van der Waals surface area (Å²) >= 11 is 26.1. The minimum absolute atomic E-state index is 0.696. The van der Waals surface area contributed by atoms with Crippen molar-refractivity contribution in [2.24, 2.45) is 0 Å². The highest BCUT2D eigenvalue weighted by Crippen LogP contribution is 2.48. The van der Waals surface area contributed by atoms with Crippen molar-refractivity contribution < 1.29 is 0 Å². The van der Waals surface area contributed by atoms with E-state index in [9.17, 15) is 0 Å². The zero-order valence-corrected chi connectivity index (χ0v) is 31.5. The predicted molar refractivity (Wildman–Crippen MR) is 231 cm³/mol. The minimum atomic E-state index is 0.696. The number of rotatable bonds is 6. The summed E-state index contributed by atoms with van der Waals surface area (Å²) in [4.78, 5) is 4.72. The molecule has 0 aromatic heterocycles. The standard InChI is InChI=1S/C47H30Cl4N2/c1-29-14-19-38(52(43-10-2-6-30-24-34(48)15-20-39(30)43)44-11-3-7-31-25-35(49)16-21-40(31)44)28-47(29)53(45-12-4-8-32-26-36(50)17-22-41(32)45)46-13-5-9-33-27-37(51)18-23-42(33)46/h2-28H,1H3. The highest BCUT2D eigenvalue weighted by atomic mass is 35.5. The number of halogens is 4. The topological polar surface area (TPSA) is 6.48 Å². The second-order valence-electron chi connectivity index (χ2n) is 13.2. The van der Waals surface area contributed by atoms with E-state index in [0.717, 1.165) is 82.8 Å². The number of anilines is 6. The third kappa shape index (κ3) is 6.12. The molecule has 0 unspecified atom stereocenters. The molecule has 6 heteroatoms. The lowest BCUT2D eigenvalue weighted by atomic mass is 10.0. The van der Waals surface area contributed by atoms with E-state index in [2.05, 4.69) is 132 Å². The number of hydrogen-bond donors (Lipinski definition) is 0. The Kier molecular flexibility index (Phi) is 8.65. The van der Waals surface area contributed by atoms with E-state index in [1.807, 2.05) is 48.5 Å². The van der Waals surface area contributed by atoms with Crippen molar-refractivity contribution in [3.63, 3.8) is 0 Å². The number of fused-ring (bicyclic) bond motifs is 4. The van der Waals surface area contributed by atoms with Gasteiger partial charge in [0.1, 0.15) is 0 Å². The van der Waals surface area contributed by atoms with Gasteiger partial charge in [0.05, 0.1) is 28.4 Å². The first-order valence-corrected chi connectivity index (χ1v) is 18.8. The molecule has 0 spiro atoms. The lowest BCUT2D eigenvalue weighted by Gasteiger charge is -2.32. The molecule has 0 amide bonds. The summed E-state index contributed by atoms with van der Waals surface area (Å²) in [6, 6.07) is 56.5. The van der Waals surface area contributed by atoms with Gasteiger partial charge in [-0.15, -0.1) is 0 Å². The Morgan fingerprint density at radius 2 is 0.660 bits per heavy atom. The van der Waals surface area contributed by atoms with Crippen LogP contribution in [0.2, 0.25) is 20.1 Å². The number of hydrogen-bond acceptors (Lipinski definition) is 2. The molecule has 0 saturated heterocycles. The Morgan fingerprint density at radius 3 is 1.02 bits per heavy atom. The Balaban J connectivity index is 1.35. The zero-order valence-electron chi connectivity index (χ0n) is 28.5. The molecule has 0 bridgehead atoms. The molecule has 256 valence electrons. The molecule has 9 aromatic carbocycles. The molecule has 9 rings (SSSR count). The molecule has 0 aliphatic rings. The van der Waals surface area contributed by atoms with Crippen molar-refractivity contribution in [3.05, 3.63) is 189 Å². The van der Waals surface area contributed by atoms with Gasteiger partial charge in [-0.2, -0.15) is 0 Å². The van der Waals surface area contributed by atoms with E-state index in [1.165, 1.54) is 0 Å². The van der Waals surface area contributed by atoms with Gasteiger partial charge in [0, 0.05) is 47.3 Å². The maximum absolute atomic E-state index is 6.53. The first-order chi connectivity index (χ1) is 25.8. The third-order valence-electron chi connectivity index (χ3n) is 9.93. The monoisotopic (exact) mass is 762 g/mol. The molecule has 0 atom stereocenters. The number of aryl methyl sites for hydroxylation is 1. The minimum Gasteiger partial charge on any atom is -0.309 e. The normalized spacial score (nSPS) is 11.5. The average molecular weight is 765 g/mol. The second kappa shape index (κ2) is 13.6. The van der Waals surface area contributed by atoms with Gasteiger partial charge >= 0.3 is 0 Å². The molecule has 9 aromatic rings. The van der Waals surface area contributed by atoms with Gasteiger partial charge in [-0.05, 0) is 119 Å². The molecule has 0 N–H and O–H groups in total. The van der Waals surface area contributed by atoms with Crippen molar-refractivity contribution >= 4 is 124 Å². The molecule has 0 heterocycles. The van der Waals surface area contributed by atoms with E-state index in [0.29, 0.717) is 20.1 Å². The van der Waals surface area contributed by atoms with Crippen molar-refractivity contribution in [1.29, 1.82) is 0 Å². The number of nitrogens with zero attached hydrogens (tertiary/aromatic N) is 2. The molecule has 0 aliphatic carbocycles. The predicted octanol–water partition coefficient (Wildman–Crippen LogP) is 16.2. The van der Waals surface area contributed by atoms with E-state index < -0.39 is 0 Å². The van der Waals surface area contributed by atoms with Crippen LogP contribution in [0.5, 0.6) is 0 Å². The summed E-state index contributed by atoms with van der Waals surface area (Å²) in [5.74, 6) is 0. The second-order valence-corrected chi connectivity index (χ2v) is 15.0. The van der Waals surface area contributed by atoms with Crippen molar-refractivity contribution in [2.45, 2.75) is 6.92 Å². The van der Waals surface area contributed by atoms with Crippen LogP contribution in [0, 0.1) is 6.92 Å². The lowest BCUT2D eigenvalue weighted by Crippen LogP contribution is -2.15. The van der Waals surface area contributed by atoms with Gasteiger partial charge in [-0.25, -0.2) is 0 Å². The fraction of sp³-hybridized carbons (Fsp3) is 0.0213. The third-order valence-corrected chi connectivity index (χ3v) is 10.9. The zero-order chi connectivity index (χ0) is 36.2. The highest BCUT2D eigenvalue weighted by molar-refractivity contribution is 6.33. The summed E-state index contributed by atoms with van der Waals surface area (Å²) < 4.78 is 0. The summed E-state index contributed by atoms with van der Waals surface area (Å²) in [6.45, 7) is 2.17. The van der Waals surface area contributed by atoms with Crippen LogP contribution in [0.15, 0.2) is 164 Å².